The minimum atomic E-state index is 0.0558. The second-order valence-corrected chi connectivity index (χ2v) is 5.90. The molecule has 4 nitrogen and oxygen atoms in total. The minimum Gasteiger partial charge on any atom is -0.410 e. The van der Waals surface area contributed by atoms with Crippen LogP contribution in [0.4, 0.5) is 0 Å². The van der Waals surface area contributed by atoms with Crippen molar-refractivity contribution < 1.29 is 10.2 Å². The van der Waals surface area contributed by atoms with Gasteiger partial charge in [0.05, 0.1) is 0 Å². The first-order valence-corrected chi connectivity index (χ1v) is 7.40. The third-order valence-corrected chi connectivity index (χ3v) is 4.02. The van der Waals surface area contributed by atoms with Gasteiger partial charge in [0.25, 0.3) is 11.1 Å². The van der Waals surface area contributed by atoms with E-state index in [0.717, 1.165) is 5.75 Å². The summed E-state index contributed by atoms with van der Waals surface area (Å²) < 4.78 is 5.65. The van der Waals surface area contributed by atoms with Crippen molar-refractivity contribution in [3.63, 3.8) is 0 Å². The standard InChI is InChI=1S/C14H19N3OS/c1-9(2)12(15)13-16-17-14(18-13)19-8-11-7-5-4-6-10(11)3/h4-7,9,12H,8,15H2,1-3H3/p+1. The van der Waals surface area contributed by atoms with E-state index in [-0.39, 0.29) is 6.04 Å². The summed E-state index contributed by atoms with van der Waals surface area (Å²) in [6.45, 7) is 6.31. The third-order valence-electron chi connectivity index (χ3n) is 3.16. The molecule has 2 aromatic rings. The van der Waals surface area contributed by atoms with Gasteiger partial charge in [-0.1, -0.05) is 49.9 Å². The molecule has 0 saturated heterocycles. The molecule has 0 aliphatic rings. The maximum atomic E-state index is 5.65. The van der Waals surface area contributed by atoms with Crippen LogP contribution in [0.1, 0.15) is 36.9 Å². The Labute approximate surface area is 117 Å². The van der Waals surface area contributed by atoms with Gasteiger partial charge in [-0.2, -0.15) is 0 Å². The average Bonchev–Trinajstić information content (AvgIpc) is 2.85. The normalized spacial score (nSPS) is 12.9. The van der Waals surface area contributed by atoms with Gasteiger partial charge in [0, 0.05) is 11.7 Å². The zero-order valence-corrected chi connectivity index (χ0v) is 12.4. The summed E-state index contributed by atoms with van der Waals surface area (Å²) >= 11 is 1.57. The molecule has 0 aliphatic carbocycles. The highest BCUT2D eigenvalue weighted by molar-refractivity contribution is 7.98. The Hall–Kier alpha value is -1.33. The highest BCUT2D eigenvalue weighted by Crippen LogP contribution is 2.25. The predicted octanol–water partition coefficient (Wildman–Crippen LogP) is 2.61. The van der Waals surface area contributed by atoms with E-state index in [0.29, 0.717) is 17.0 Å². The van der Waals surface area contributed by atoms with Gasteiger partial charge in [0.15, 0.2) is 6.04 Å². The molecule has 1 aromatic heterocycles. The zero-order valence-electron chi connectivity index (χ0n) is 11.6. The van der Waals surface area contributed by atoms with Gasteiger partial charge < -0.3 is 10.2 Å². The Morgan fingerprint density at radius 3 is 2.68 bits per heavy atom. The van der Waals surface area contributed by atoms with Gasteiger partial charge in [-0.25, -0.2) is 0 Å². The van der Waals surface area contributed by atoms with Gasteiger partial charge >= 0.3 is 0 Å². The van der Waals surface area contributed by atoms with Crippen molar-refractivity contribution in [1.82, 2.24) is 10.2 Å². The first-order valence-electron chi connectivity index (χ1n) is 6.41. The van der Waals surface area contributed by atoms with Crippen LogP contribution in [0, 0.1) is 12.8 Å². The molecule has 102 valence electrons. The quantitative estimate of drug-likeness (QED) is 0.854. The van der Waals surface area contributed by atoms with Crippen LogP contribution in [0.15, 0.2) is 33.9 Å². The topological polar surface area (TPSA) is 66.6 Å². The minimum absolute atomic E-state index is 0.0558. The molecular formula is C14H20N3OS+. The molecule has 1 unspecified atom stereocenters. The number of quaternary nitrogens is 1. The summed E-state index contributed by atoms with van der Waals surface area (Å²) in [5.74, 6) is 1.87. The molecule has 1 aromatic carbocycles. The van der Waals surface area contributed by atoms with Crippen molar-refractivity contribution in [2.75, 3.05) is 0 Å². The van der Waals surface area contributed by atoms with Crippen LogP contribution in [0.5, 0.6) is 0 Å². The van der Waals surface area contributed by atoms with Gasteiger partial charge in [-0.15, -0.1) is 10.2 Å². The van der Waals surface area contributed by atoms with Crippen LogP contribution in [-0.4, -0.2) is 10.2 Å². The molecule has 0 amide bonds. The smallest absolute Gasteiger partial charge is 0.277 e. The highest BCUT2D eigenvalue weighted by atomic mass is 32.2. The SMILES string of the molecule is Cc1ccccc1CSc1nnc(C([NH3+])C(C)C)o1. The molecule has 0 spiro atoms. The average molecular weight is 278 g/mol. The monoisotopic (exact) mass is 278 g/mol. The molecule has 2 rings (SSSR count). The van der Waals surface area contributed by atoms with Crippen molar-refractivity contribution in [2.45, 2.75) is 37.8 Å². The van der Waals surface area contributed by atoms with Crippen LogP contribution >= 0.6 is 11.8 Å². The summed E-state index contributed by atoms with van der Waals surface area (Å²) in [5.41, 5.74) is 6.63. The fraction of sp³-hybridized carbons (Fsp3) is 0.429. The molecule has 1 heterocycles. The Morgan fingerprint density at radius 1 is 1.26 bits per heavy atom. The van der Waals surface area contributed by atoms with Gasteiger partial charge in [0.1, 0.15) is 0 Å². The second kappa shape index (κ2) is 6.21. The third kappa shape index (κ3) is 3.58. The largest absolute Gasteiger partial charge is 0.410 e. The number of thioether (sulfide) groups is 1. The number of nitrogens with zero attached hydrogens (tertiary/aromatic N) is 2. The Bertz CT molecular complexity index is 539. The van der Waals surface area contributed by atoms with E-state index in [1.165, 1.54) is 11.1 Å². The molecule has 0 radical (unpaired) electrons. The Kier molecular flexibility index (Phi) is 4.61. The van der Waals surface area contributed by atoms with Crippen molar-refractivity contribution in [3.8, 4) is 0 Å². The van der Waals surface area contributed by atoms with E-state index in [9.17, 15) is 0 Å². The van der Waals surface area contributed by atoms with Crippen LogP contribution < -0.4 is 5.73 Å². The summed E-state index contributed by atoms with van der Waals surface area (Å²) in [4.78, 5) is 0. The number of aromatic nitrogens is 2. The lowest BCUT2D eigenvalue weighted by Gasteiger charge is -2.06. The lowest BCUT2D eigenvalue weighted by molar-refractivity contribution is -0.443. The van der Waals surface area contributed by atoms with Gasteiger partial charge in [-0.05, 0) is 18.1 Å². The fourth-order valence-corrected chi connectivity index (χ4v) is 2.47. The highest BCUT2D eigenvalue weighted by Gasteiger charge is 2.21. The number of rotatable bonds is 5. The van der Waals surface area contributed by atoms with E-state index in [4.69, 9.17) is 4.42 Å². The van der Waals surface area contributed by atoms with Crippen molar-refractivity contribution in [3.05, 3.63) is 41.3 Å². The van der Waals surface area contributed by atoms with Gasteiger partial charge in [-0.3, -0.25) is 0 Å². The van der Waals surface area contributed by atoms with Crippen molar-refractivity contribution in [1.29, 1.82) is 0 Å². The van der Waals surface area contributed by atoms with Gasteiger partial charge in [0.2, 0.25) is 0 Å². The zero-order chi connectivity index (χ0) is 13.8. The van der Waals surface area contributed by atoms with Crippen LogP contribution in [0.2, 0.25) is 0 Å². The lowest BCUT2D eigenvalue weighted by Crippen LogP contribution is -2.56. The molecule has 3 N–H and O–H groups in total. The first kappa shape index (κ1) is 14.1. The molecule has 1 atom stereocenters. The number of aryl methyl sites for hydroxylation is 1. The molecule has 19 heavy (non-hydrogen) atoms. The maximum absolute atomic E-state index is 5.65. The molecule has 0 bridgehead atoms. The van der Waals surface area contributed by atoms with E-state index in [2.05, 4.69) is 48.8 Å². The molecule has 5 heteroatoms. The van der Waals surface area contributed by atoms with E-state index < -0.39 is 0 Å². The second-order valence-electron chi connectivity index (χ2n) is 4.97. The summed E-state index contributed by atoms with van der Waals surface area (Å²) in [7, 11) is 0. The molecule has 0 aliphatic heterocycles. The molecule has 0 fully saturated rings. The van der Waals surface area contributed by atoms with Crippen LogP contribution in [-0.2, 0) is 5.75 Å². The van der Waals surface area contributed by atoms with Crippen molar-refractivity contribution in [2.24, 2.45) is 5.92 Å². The van der Waals surface area contributed by atoms with Crippen LogP contribution in [0.25, 0.3) is 0 Å². The van der Waals surface area contributed by atoms with Crippen LogP contribution in [0.3, 0.4) is 0 Å². The maximum Gasteiger partial charge on any atom is 0.277 e. The number of hydrogen-bond acceptors (Lipinski definition) is 4. The fourth-order valence-electron chi connectivity index (χ4n) is 1.63. The summed E-state index contributed by atoms with van der Waals surface area (Å²) in [5, 5.41) is 8.76. The van der Waals surface area contributed by atoms with E-state index >= 15 is 0 Å². The van der Waals surface area contributed by atoms with E-state index in [1.54, 1.807) is 11.8 Å². The lowest BCUT2D eigenvalue weighted by atomic mass is 10.1. The molecular weight excluding hydrogens is 258 g/mol. The number of benzene rings is 1. The van der Waals surface area contributed by atoms with E-state index in [1.807, 2.05) is 12.1 Å². The number of hydrogen-bond donors (Lipinski definition) is 1. The summed E-state index contributed by atoms with van der Waals surface area (Å²) in [6.07, 6.45) is 0. The first-order chi connectivity index (χ1) is 9.08. The Morgan fingerprint density at radius 2 is 2.00 bits per heavy atom. The summed E-state index contributed by atoms with van der Waals surface area (Å²) in [6, 6.07) is 8.38. The predicted molar refractivity (Wildman–Crippen MR) is 75.5 cm³/mol. The van der Waals surface area contributed by atoms with Crippen molar-refractivity contribution >= 4 is 11.8 Å². The molecule has 0 saturated carbocycles. The Balaban J connectivity index is 1.99.